The fourth-order valence-electron chi connectivity index (χ4n) is 1.84. The van der Waals surface area contributed by atoms with E-state index in [1.54, 1.807) is 11.3 Å². The Morgan fingerprint density at radius 3 is 2.76 bits per heavy atom. The van der Waals surface area contributed by atoms with E-state index in [0.29, 0.717) is 11.1 Å². The van der Waals surface area contributed by atoms with Crippen molar-refractivity contribution in [3.63, 3.8) is 0 Å². The first-order valence-corrected chi connectivity index (χ1v) is 8.87. The molecular weight excluding hydrogens is 370 g/mol. The van der Waals surface area contributed by atoms with Crippen molar-refractivity contribution in [3.8, 4) is 10.8 Å². The molecule has 0 aliphatic heterocycles. The molecule has 0 atom stereocenters. The number of hydrogen-bond donors (Lipinski definition) is 0. The molecule has 0 amide bonds. The van der Waals surface area contributed by atoms with Crippen molar-refractivity contribution in [1.82, 2.24) is 15.2 Å². The standard InChI is InChI=1S/C14H12BrN3OS2/c1-8-12(21-9(2)16-8)13-17-18-14(19-13)20-7-10-5-3-4-6-11(10)15/h3-6H,7H2,1-2H3. The highest BCUT2D eigenvalue weighted by Gasteiger charge is 2.15. The van der Waals surface area contributed by atoms with Gasteiger partial charge in [-0.3, -0.25) is 0 Å². The summed E-state index contributed by atoms with van der Waals surface area (Å²) in [4.78, 5) is 5.33. The summed E-state index contributed by atoms with van der Waals surface area (Å²) in [5, 5.41) is 9.79. The summed E-state index contributed by atoms with van der Waals surface area (Å²) in [6.45, 7) is 3.93. The number of nitrogens with zero attached hydrogens (tertiary/aromatic N) is 3. The van der Waals surface area contributed by atoms with Gasteiger partial charge in [-0.05, 0) is 25.5 Å². The van der Waals surface area contributed by atoms with E-state index in [0.717, 1.165) is 25.8 Å². The van der Waals surface area contributed by atoms with Crippen LogP contribution in [0.2, 0.25) is 0 Å². The lowest BCUT2D eigenvalue weighted by molar-refractivity contribution is 0.466. The molecule has 0 aliphatic carbocycles. The van der Waals surface area contributed by atoms with Crippen molar-refractivity contribution in [3.05, 3.63) is 45.0 Å². The van der Waals surface area contributed by atoms with Crippen molar-refractivity contribution in [2.24, 2.45) is 0 Å². The zero-order chi connectivity index (χ0) is 14.8. The fourth-order valence-corrected chi connectivity index (χ4v) is 4.06. The maximum Gasteiger partial charge on any atom is 0.277 e. The Morgan fingerprint density at radius 2 is 2.05 bits per heavy atom. The van der Waals surface area contributed by atoms with Crippen LogP contribution in [0.1, 0.15) is 16.3 Å². The summed E-state index contributed by atoms with van der Waals surface area (Å²) in [5.41, 5.74) is 2.13. The molecular formula is C14H12BrN3OS2. The molecule has 0 aliphatic rings. The molecule has 0 unspecified atom stereocenters. The van der Waals surface area contributed by atoms with E-state index in [-0.39, 0.29) is 0 Å². The number of halogens is 1. The molecule has 4 nitrogen and oxygen atoms in total. The number of thiazole rings is 1. The summed E-state index contributed by atoms with van der Waals surface area (Å²) in [6.07, 6.45) is 0. The van der Waals surface area contributed by atoms with Crippen molar-refractivity contribution >= 4 is 39.0 Å². The minimum atomic E-state index is 0.549. The Balaban J connectivity index is 1.74. The second kappa shape index (κ2) is 6.29. The molecule has 0 spiro atoms. The monoisotopic (exact) mass is 381 g/mol. The van der Waals surface area contributed by atoms with Gasteiger partial charge in [-0.1, -0.05) is 45.9 Å². The number of benzene rings is 1. The topological polar surface area (TPSA) is 51.8 Å². The molecule has 3 aromatic rings. The quantitative estimate of drug-likeness (QED) is 0.603. The fraction of sp³-hybridized carbons (Fsp3) is 0.214. The summed E-state index contributed by atoms with van der Waals surface area (Å²) in [7, 11) is 0. The highest BCUT2D eigenvalue weighted by atomic mass is 79.9. The summed E-state index contributed by atoms with van der Waals surface area (Å²) in [5.74, 6) is 1.33. The van der Waals surface area contributed by atoms with Crippen LogP contribution in [-0.2, 0) is 5.75 Å². The number of thioether (sulfide) groups is 1. The van der Waals surface area contributed by atoms with Gasteiger partial charge in [0.15, 0.2) is 0 Å². The lowest BCUT2D eigenvalue weighted by atomic mass is 10.2. The van der Waals surface area contributed by atoms with Crippen LogP contribution >= 0.6 is 39.0 Å². The molecule has 1 aromatic carbocycles. The first kappa shape index (κ1) is 14.7. The van der Waals surface area contributed by atoms with Gasteiger partial charge in [0.05, 0.1) is 10.7 Å². The van der Waals surface area contributed by atoms with Crippen molar-refractivity contribution in [2.75, 3.05) is 0 Å². The molecule has 3 rings (SSSR count). The van der Waals surface area contributed by atoms with Gasteiger partial charge in [0.25, 0.3) is 11.1 Å². The summed E-state index contributed by atoms with van der Waals surface area (Å²) in [6, 6.07) is 8.12. The van der Waals surface area contributed by atoms with Gasteiger partial charge in [0.2, 0.25) is 0 Å². The van der Waals surface area contributed by atoms with Gasteiger partial charge in [0.1, 0.15) is 4.88 Å². The Labute approximate surface area is 139 Å². The Morgan fingerprint density at radius 1 is 1.24 bits per heavy atom. The zero-order valence-electron chi connectivity index (χ0n) is 11.5. The zero-order valence-corrected chi connectivity index (χ0v) is 14.7. The summed E-state index contributed by atoms with van der Waals surface area (Å²) < 4.78 is 6.81. The van der Waals surface area contributed by atoms with Gasteiger partial charge in [0, 0.05) is 10.2 Å². The number of aromatic nitrogens is 3. The van der Waals surface area contributed by atoms with Crippen LogP contribution in [0.3, 0.4) is 0 Å². The predicted octanol–water partition coefficient (Wildman–Crippen LogP) is 4.86. The Kier molecular flexibility index (Phi) is 4.42. The lowest BCUT2D eigenvalue weighted by Gasteiger charge is -2.00. The first-order chi connectivity index (χ1) is 10.1. The van der Waals surface area contributed by atoms with Gasteiger partial charge in [-0.15, -0.1) is 21.5 Å². The van der Waals surface area contributed by atoms with E-state index in [2.05, 4.69) is 37.2 Å². The maximum atomic E-state index is 5.72. The van der Waals surface area contributed by atoms with E-state index in [9.17, 15) is 0 Å². The van der Waals surface area contributed by atoms with Crippen molar-refractivity contribution in [1.29, 1.82) is 0 Å². The predicted molar refractivity (Wildman–Crippen MR) is 88.6 cm³/mol. The maximum absolute atomic E-state index is 5.72. The third-order valence-corrected chi connectivity index (χ3v) is 5.51. The van der Waals surface area contributed by atoms with Crippen LogP contribution in [0.25, 0.3) is 10.8 Å². The van der Waals surface area contributed by atoms with Crippen LogP contribution < -0.4 is 0 Å². The molecule has 0 N–H and O–H groups in total. The third-order valence-electron chi connectivity index (χ3n) is 2.81. The first-order valence-electron chi connectivity index (χ1n) is 6.27. The molecule has 21 heavy (non-hydrogen) atoms. The average Bonchev–Trinajstić information content (AvgIpc) is 3.04. The molecule has 2 aromatic heterocycles. The lowest BCUT2D eigenvalue weighted by Crippen LogP contribution is -1.82. The van der Waals surface area contributed by atoms with Gasteiger partial charge in [-0.2, -0.15) is 0 Å². The molecule has 0 saturated heterocycles. The summed E-state index contributed by atoms with van der Waals surface area (Å²) >= 11 is 6.64. The van der Waals surface area contributed by atoms with Crippen LogP contribution in [0.5, 0.6) is 0 Å². The minimum absolute atomic E-state index is 0.549. The molecule has 0 bridgehead atoms. The normalized spacial score (nSPS) is 11.0. The molecule has 0 saturated carbocycles. The van der Waals surface area contributed by atoms with E-state index < -0.39 is 0 Å². The van der Waals surface area contributed by atoms with Gasteiger partial charge >= 0.3 is 0 Å². The van der Waals surface area contributed by atoms with Crippen LogP contribution in [0, 0.1) is 13.8 Å². The van der Waals surface area contributed by atoms with Gasteiger partial charge in [-0.25, -0.2) is 4.98 Å². The smallest absolute Gasteiger partial charge is 0.277 e. The molecule has 0 fully saturated rings. The van der Waals surface area contributed by atoms with E-state index >= 15 is 0 Å². The molecule has 0 radical (unpaired) electrons. The van der Waals surface area contributed by atoms with Crippen molar-refractivity contribution < 1.29 is 4.42 Å². The van der Waals surface area contributed by atoms with Gasteiger partial charge < -0.3 is 4.42 Å². The highest BCUT2D eigenvalue weighted by molar-refractivity contribution is 9.10. The van der Waals surface area contributed by atoms with E-state index in [4.69, 9.17) is 4.42 Å². The van der Waals surface area contributed by atoms with Crippen LogP contribution in [0.4, 0.5) is 0 Å². The molecule has 2 heterocycles. The second-order valence-corrected chi connectivity index (χ2v) is 7.38. The number of aryl methyl sites for hydroxylation is 2. The molecule has 108 valence electrons. The Hall–Kier alpha value is -1.18. The largest absolute Gasteiger partial charge is 0.410 e. The Bertz CT molecular complexity index is 769. The average molecular weight is 382 g/mol. The van der Waals surface area contributed by atoms with E-state index in [1.165, 1.54) is 17.3 Å². The SMILES string of the molecule is Cc1nc(C)c(-c2nnc(SCc3ccccc3Br)o2)s1. The number of hydrogen-bond acceptors (Lipinski definition) is 6. The number of rotatable bonds is 4. The van der Waals surface area contributed by atoms with Crippen molar-refractivity contribution in [2.45, 2.75) is 24.8 Å². The minimum Gasteiger partial charge on any atom is -0.410 e. The van der Waals surface area contributed by atoms with E-state index in [1.807, 2.05) is 32.0 Å². The third kappa shape index (κ3) is 3.36. The highest BCUT2D eigenvalue weighted by Crippen LogP contribution is 2.32. The van der Waals surface area contributed by atoms with Crippen LogP contribution in [-0.4, -0.2) is 15.2 Å². The molecule has 7 heteroatoms. The second-order valence-electron chi connectivity index (χ2n) is 4.40. The van der Waals surface area contributed by atoms with Crippen LogP contribution in [0.15, 0.2) is 38.4 Å².